The Bertz CT molecular complexity index is 712. The van der Waals surface area contributed by atoms with Crippen molar-refractivity contribution in [2.75, 3.05) is 6.61 Å². The molecule has 0 amide bonds. The Balaban J connectivity index is 2.03. The molecule has 1 aliphatic rings. The summed E-state index contributed by atoms with van der Waals surface area (Å²) in [4.78, 5) is 25.6. The number of aromatic nitrogens is 2. The molecule has 2 rings (SSSR count). The Morgan fingerprint density at radius 2 is 1.96 bits per heavy atom. The summed E-state index contributed by atoms with van der Waals surface area (Å²) in [6.07, 6.45) is 4.55. The largest absolute Gasteiger partial charge is 0.414 e. The molecule has 128 valence electrons. The summed E-state index contributed by atoms with van der Waals surface area (Å²) < 4.78 is 13.4. The Morgan fingerprint density at radius 1 is 1.30 bits per heavy atom. The summed E-state index contributed by atoms with van der Waals surface area (Å²) in [6.45, 7) is 13.1. The summed E-state index contributed by atoms with van der Waals surface area (Å²) in [7, 11) is -1.83. The lowest BCUT2D eigenvalue weighted by Crippen LogP contribution is -2.42. The van der Waals surface area contributed by atoms with E-state index in [9.17, 15) is 9.59 Å². The van der Waals surface area contributed by atoms with Gasteiger partial charge < -0.3 is 9.16 Å². The van der Waals surface area contributed by atoms with Crippen molar-refractivity contribution in [3.63, 3.8) is 0 Å². The maximum absolute atomic E-state index is 11.9. The molecule has 23 heavy (non-hydrogen) atoms. The second-order valence-electron chi connectivity index (χ2n) is 7.50. The number of nitrogens with zero attached hydrogens (tertiary/aromatic N) is 1. The summed E-state index contributed by atoms with van der Waals surface area (Å²) in [5, 5.41) is 0.141. The second-order valence-corrected chi connectivity index (χ2v) is 12.3. The maximum Gasteiger partial charge on any atom is 0.330 e. The van der Waals surface area contributed by atoms with Gasteiger partial charge in [0.2, 0.25) is 0 Å². The van der Waals surface area contributed by atoms with Gasteiger partial charge >= 0.3 is 5.69 Å². The van der Waals surface area contributed by atoms with Gasteiger partial charge in [-0.25, -0.2) is 4.79 Å². The molecule has 6 nitrogen and oxygen atoms in total. The molecule has 2 atom stereocenters. The number of H-pyrrole nitrogens is 1. The lowest BCUT2D eigenvalue weighted by Gasteiger charge is -2.36. The van der Waals surface area contributed by atoms with Crippen molar-refractivity contribution < 1.29 is 9.16 Å². The molecule has 0 radical (unpaired) electrons. The van der Waals surface area contributed by atoms with Crippen molar-refractivity contribution in [3.8, 4) is 0 Å². The SMILES string of the molecule is Cc1cn([C@@H]2C=C[C@@H](CO[Si](C)(C)C(C)(C)C)O2)c(=O)[nH]c1=O. The Labute approximate surface area is 137 Å². The van der Waals surface area contributed by atoms with E-state index < -0.39 is 20.2 Å². The van der Waals surface area contributed by atoms with Crippen LogP contribution in [0.15, 0.2) is 27.9 Å². The molecule has 0 fully saturated rings. The monoisotopic (exact) mass is 338 g/mol. The number of nitrogens with one attached hydrogen (secondary N) is 1. The number of hydrogen-bond acceptors (Lipinski definition) is 4. The highest BCUT2D eigenvalue weighted by Gasteiger charge is 2.38. The van der Waals surface area contributed by atoms with Crippen LogP contribution in [0.5, 0.6) is 0 Å². The Hall–Kier alpha value is -1.44. The summed E-state index contributed by atoms with van der Waals surface area (Å²) >= 11 is 0. The van der Waals surface area contributed by atoms with E-state index in [1.54, 1.807) is 6.92 Å². The first-order chi connectivity index (χ1) is 10.5. The van der Waals surface area contributed by atoms with E-state index in [4.69, 9.17) is 9.16 Å². The number of rotatable bonds is 4. The zero-order chi connectivity index (χ0) is 17.4. The molecule has 1 aliphatic heterocycles. The van der Waals surface area contributed by atoms with Crippen LogP contribution in [0.1, 0.15) is 32.6 Å². The predicted octanol–water partition coefficient (Wildman–Crippen LogP) is 2.32. The molecule has 7 heteroatoms. The number of aromatic amines is 1. The molecule has 0 aliphatic carbocycles. The van der Waals surface area contributed by atoms with E-state index >= 15 is 0 Å². The van der Waals surface area contributed by atoms with Crippen LogP contribution in [-0.4, -0.2) is 30.6 Å². The van der Waals surface area contributed by atoms with Gasteiger partial charge in [-0.1, -0.05) is 26.8 Å². The number of ether oxygens (including phenoxy) is 1. The minimum absolute atomic E-state index is 0.141. The van der Waals surface area contributed by atoms with Crippen LogP contribution in [0, 0.1) is 6.92 Å². The first-order valence-corrected chi connectivity index (χ1v) is 10.7. The van der Waals surface area contributed by atoms with E-state index in [2.05, 4.69) is 38.8 Å². The third kappa shape index (κ3) is 3.91. The smallest absolute Gasteiger partial charge is 0.330 e. The van der Waals surface area contributed by atoms with Crippen LogP contribution in [0.2, 0.25) is 18.1 Å². The molecular formula is C16H26N2O4Si. The quantitative estimate of drug-likeness (QED) is 0.675. The first kappa shape index (κ1) is 17.9. The molecule has 0 saturated heterocycles. The molecule has 0 aromatic carbocycles. The van der Waals surface area contributed by atoms with E-state index in [0.717, 1.165) is 0 Å². The van der Waals surface area contributed by atoms with Crippen LogP contribution < -0.4 is 11.2 Å². The fraction of sp³-hybridized carbons (Fsp3) is 0.625. The zero-order valence-corrected chi connectivity index (χ0v) is 15.7. The maximum atomic E-state index is 11.9. The highest BCUT2D eigenvalue weighted by molar-refractivity contribution is 6.74. The fourth-order valence-electron chi connectivity index (χ4n) is 2.02. The lowest BCUT2D eigenvalue weighted by molar-refractivity contribution is -0.00788. The van der Waals surface area contributed by atoms with Gasteiger partial charge in [0.1, 0.15) is 6.10 Å². The lowest BCUT2D eigenvalue weighted by atomic mass is 10.2. The van der Waals surface area contributed by atoms with E-state index in [-0.39, 0.29) is 16.7 Å². The average Bonchev–Trinajstić information content (AvgIpc) is 2.88. The molecular weight excluding hydrogens is 312 g/mol. The zero-order valence-electron chi connectivity index (χ0n) is 14.7. The van der Waals surface area contributed by atoms with Gasteiger partial charge in [-0.3, -0.25) is 14.3 Å². The first-order valence-electron chi connectivity index (χ1n) is 7.81. The van der Waals surface area contributed by atoms with Gasteiger partial charge in [-0.05, 0) is 31.1 Å². The number of aryl methyl sites for hydroxylation is 1. The molecule has 1 aromatic rings. The van der Waals surface area contributed by atoms with Gasteiger partial charge in [0.25, 0.3) is 5.56 Å². The summed E-state index contributed by atoms with van der Waals surface area (Å²) in [6, 6.07) is 0. The van der Waals surface area contributed by atoms with Crippen LogP contribution in [-0.2, 0) is 9.16 Å². The van der Waals surface area contributed by atoms with Crippen molar-refractivity contribution in [2.24, 2.45) is 0 Å². The van der Waals surface area contributed by atoms with E-state index in [1.165, 1.54) is 10.8 Å². The van der Waals surface area contributed by atoms with Crippen LogP contribution in [0.3, 0.4) is 0 Å². The minimum Gasteiger partial charge on any atom is -0.414 e. The van der Waals surface area contributed by atoms with Crippen LogP contribution in [0.4, 0.5) is 0 Å². The third-order valence-electron chi connectivity index (χ3n) is 4.64. The molecule has 0 spiro atoms. The summed E-state index contributed by atoms with van der Waals surface area (Å²) in [5.74, 6) is 0. The third-order valence-corrected chi connectivity index (χ3v) is 9.14. The predicted molar refractivity (Wildman–Crippen MR) is 92.3 cm³/mol. The van der Waals surface area contributed by atoms with Gasteiger partial charge in [-0.15, -0.1) is 0 Å². The highest BCUT2D eigenvalue weighted by Crippen LogP contribution is 2.37. The van der Waals surface area contributed by atoms with Gasteiger partial charge in [0.05, 0.1) is 6.61 Å². The van der Waals surface area contributed by atoms with Gasteiger partial charge in [0, 0.05) is 11.8 Å². The van der Waals surface area contributed by atoms with Crippen molar-refractivity contribution in [1.29, 1.82) is 0 Å². The van der Waals surface area contributed by atoms with Crippen LogP contribution in [0.25, 0.3) is 0 Å². The minimum atomic E-state index is -1.83. The topological polar surface area (TPSA) is 73.3 Å². The van der Waals surface area contributed by atoms with Crippen molar-refractivity contribution in [2.45, 2.75) is 58.2 Å². The molecule has 0 bridgehead atoms. The average molecular weight is 338 g/mol. The van der Waals surface area contributed by atoms with Gasteiger partial charge in [0.15, 0.2) is 14.5 Å². The molecule has 1 aromatic heterocycles. The van der Waals surface area contributed by atoms with Crippen molar-refractivity contribution in [3.05, 3.63) is 44.8 Å². The number of hydrogen-bond donors (Lipinski definition) is 1. The molecule has 1 N–H and O–H groups in total. The molecule has 0 saturated carbocycles. The van der Waals surface area contributed by atoms with Crippen molar-refractivity contribution in [1.82, 2.24) is 9.55 Å². The molecule has 2 heterocycles. The van der Waals surface area contributed by atoms with E-state index in [0.29, 0.717) is 12.2 Å². The Morgan fingerprint density at radius 3 is 2.57 bits per heavy atom. The fourth-order valence-corrected chi connectivity index (χ4v) is 3.04. The summed E-state index contributed by atoms with van der Waals surface area (Å²) in [5.41, 5.74) is -0.366. The highest BCUT2D eigenvalue weighted by atomic mass is 28.4. The standard InChI is InChI=1S/C16H26N2O4Si/c1-11-9-18(15(20)17-14(11)19)13-8-7-12(22-13)10-21-23(5,6)16(2,3)4/h7-9,12-13H,10H2,1-6H3,(H,17,19,20)/t12-,13-/m0/s1. The normalized spacial score (nSPS) is 21.8. The van der Waals surface area contributed by atoms with Crippen LogP contribution >= 0.6 is 0 Å². The van der Waals surface area contributed by atoms with Crippen molar-refractivity contribution >= 4 is 8.32 Å². The Kier molecular flexibility index (Phi) is 4.84. The van der Waals surface area contributed by atoms with Gasteiger partial charge in [-0.2, -0.15) is 0 Å². The molecule has 0 unspecified atom stereocenters. The van der Waals surface area contributed by atoms with E-state index in [1.807, 2.05) is 12.2 Å². The second kappa shape index (κ2) is 6.22.